The number of nitrogens with zero attached hydrogens (tertiary/aromatic N) is 2. The maximum Gasteiger partial charge on any atom is 0.172 e. The molecule has 0 amide bonds. The van der Waals surface area contributed by atoms with Gasteiger partial charge >= 0.3 is 0 Å². The minimum absolute atomic E-state index is 0.0382. The van der Waals surface area contributed by atoms with E-state index in [0.29, 0.717) is 11.3 Å². The van der Waals surface area contributed by atoms with Gasteiger partial charge < -0.3 is 10.5 Å². The topological polar surface area (TPSA) is 61.0 Å². The molecule has 0 radical (unpaired) electrons. The Balaban J connectivity index is 2.60. The third kappa shape index (κ3) is 2.09. The highest BCUT2D eigenvalue weighted by Gasteiger charge is 2.14. The monoisotopic (exact) mass is 233 g/mol. The van der Waals surface area contributed by atoms with Crippen molar-refractivity contribution >= 4 is 0 Å². The molecule has 2 N–H and O–H groups in total. The molecular weight excluding hydrogens is 221 g/mol. The lowest BCUT2D eigenvalue weighted by molar-refractivity contribution is 0.416. The molecule has 0 bridgehead atoms. The highest BCUT2D eigenvalue weighted by atomic mass is 19.1. The van der Waals surface area contributed by atoms with Crippen molar-refractivity contribution in [2.75, 3.05) is 7.11 Å². The Morgan fingerprint density at radius 1 is 1.29 bits per heavy atom. The summed E-state index contributed by atoms with van der Waals surface area (Å²) in [4.78, 5) is 7.73. The Morgan fingerprint density at radius 3 is 2.76 bits per heavy atom. The van der Waals surface area contributed by atoms with Crippen LogP contribution in [0.5, 0.6) is 5.75 Å². The van der Waals surface area contributed by atoms with E-state index >= 15 is 0 Å². The molecule has 17 heavy (non-hydrogen) atoms. The molecule has 0 aliphatic heterocycles. The van der Waals surface area contributed by atoms with Gasteiger partial charge in [-0.05, 0) is 12.1 Å². The Kier molecular flexibility index (Phi) is 3.30. The van der Waals surface area contributed by atoms with Gasteiger partial charge in [0.05, 0.1) is 12.8 Å². The molecule has 88 valence electrons. The van der Waals surface area contributed by atoms with Crippen LogP contribution in [0.3, 0.4) is 0 Å². The molecule has 2 rings (SSSR count). The van der Waals surface area contributed by atoms with Crippen molar-refractivity contribution in [1.82, 2.24) is 9.97 Å². The number of benzene rings is 1. The number of ether oxygens (including phenoxy) is 1. The largest absolute Gasteiger partial charge is 0.496 e. The molecule has 2 aromatic rings. The minimum atomic E-state index is -0.500. The van der Waals surface area contributed by atoms with Crippen molar-refractivity contribution in [3.8, 4) is 17.0 Å². The molecule has 1 aromatic heterocycles. The van der Waals surface area contributed by atoms with Gasteiger partial charge in [-0.3, -0.25) is 0 Å². The summed E-state index contributed by atoms with van der Waals surface area (Å²) in [5.41, 5.74) is 6.40. The first-order valence-corrected chi connectivity index (χ1v) is 5.10. The summed E-state index contributed by atoms with van der Waals surface area (Å²) in [6.07, 6.45) is 1.30. The maximum atomic E-state index is 14.0. The zero-order chi connectivity index (χ0) is 12.3. The van der Waals surface area contributed by atoms with E-state index < -0.39 is 5.82 Å². The van der Waals surface area contributed by atoms with Crippen molar-refractivity contribution in [3.05, 3.63) is 42.1 Å². The average Bonchev–Trinajstić information content (AvgIpc) is 2.39. The second kappa shape index (κ2) is 4.88. The van der Waals surface area contributed by atoms with Gasteiger partial charge in [0.2, 0.25) is 0 Å². The van der Waals surface area contributed by atoms with Gasteiger partial charge in [0.1, 0.15) is 17.8 Å². The fourth-order valence-electron chi connectivity index (χ4n) is 1.58. The van der Waals surface area contributed by atoms with E-state index in [1.54, 1.807) is 18.2 Å². The van der Waals surface area contributed by atoms with Gasteiger partial charge in [-0.25, -0.2) is 14.4 Å². The van der Waals surface area contributed by atoms with E-state index in [1.807, 2.05) is 6.07 Å². The number of para-hydroxylation sites is 1. The number of halogens is 1. The zero-order valence-electron chi connectivity index (χ0n) is 9.35. The first-order valence-electron chi connectivity index (χ1n) is 5.10. The lowest BCUT2D eigenvalue weighted by Gasteiger charge is -2.09. The first kappa shape index (κ1) is 11.5. The van der Waals surface area contributed by atoms with Crippen LogP contribution in [0.25, 0.3) is 11.3 Å². The summed E-state index contributed by atoms with van der Waals surface area (Å²) < 4.78 is 19.2. The maximum absolute atomic E-state index is 14.0. The SMILES string of the molecule is COc1ccccc1-c1ncnc(CN)c1F. The van der Waals surface area contributed by atoms with Crippen LogP contribution in [0, 0.1) is 5.82 Å². The van der Waals surface area contributed by atoms with Gasteiger partial charge in [0, 0.05) is 12.1 Å². The normalized spacial score (nSPS) is 10.3. The molecule has 1 heterocycles. The molecule has 0 spiro atoms. The summed E-state index contributed by atoms with van der Waals surface area (Å²) >= 11 is 0. The van der Waals surface area contributed by atoms with Gasteiger partial charge in [0.25, 0.3) is 0 Å². The van der Waals surface area contributed by atoms with Crippen LogP contribution < -0.4 is 10.5 Å². The summed E-state index contributed by atoms with van der Waals surface area (Å²) in [5.74, 6) is 0.0626. The first-order chi connectivity index (χ1) is 8.27. The summed E-state index contributed by atoms with van der Waals surface area (Å²) in [6.45, 7) is 0.0382. The Morgan fingerprint density at radius 2 is 2.06 bits per heavy atom. The molecule has 0 saturated heterocycles. The second-order valence-corrected chi connectivity index (χ2v) is 3.39. The Hall–Kier alpha value is -2.01. The summed E-state index contributed by atoms with van der Waals surface area (Å²) in [6, 6.07) is 7.09. The number of rotatable bonds is 3. The van der Waals surface area contributed by atoms with Crippen molar-refractivity contribution in [1.29, 1.82) is 0 Å². The van der Waals surface area contributed by atoms with Gasteiger partial charge in [-0.2, -0.15) is 0 Å². The van der Waals surface area contributed by atoms with Crippen LogP contribution in [0.15, 0.2) is 30.6 Å². The van der Waals surface area contributed by atoms with E-state index in [-0.39, 0.29) is 17.9 Å². The minimum Gasteiger partial charge on any atom is -0.496 e. The molecule has 4 nitrogen and oxygen atoms in total. The van der Waals surface area contributed by atoms with Crippen LogP contribution in [0.1, 0.15) is 5.69 Å². The molecule has 0 fully saturated rings. The highest BCUT2D eigenvalue weighted by molar-refractivity contribution is 5.67. The standard InChI is InChI=1S/C12H12FN3O/c1-17-10-5-3-2-4-8(10)12-11(13)9(6-14)15-7-16-12/h2-5,7H,6,14H2,1H3. The molecule has 1 aromatic carbocycles. The number of hydrogen-bond donors (Lipinski definition) is 1. The number of hydrogen-bond acceptors (Lipinski definition) is 4. The molecule has 0 saturated carbocycles. The lowest BCUT2D eigenvalue weighted by atomic mass is 10.1. The van der Waals surface area contributed by atoms with Crippen LogP contribution in [-0.2, 0) is 6.54 Å². The van der Waals surface area contributed by atoms with Crippen LogP contribution >= 0.6 is 0 Å². The van der Waals surface area contributed by atoms with E-state index in [9.17, 15) is 4.39 Å². The number of nitrogens with two attached hydrogens (primary N) is 1. The van der Waals surface area contributed by atoms with E-state index in [2.05, 4.69) is 9.97 Å². The molecule has 0 unspecified atom stereocenters. The fourth-order valence-corrected chi connectivity index (χ4v) is 1.58. The summed E-state index contributed by atoms with van der Waals surface area (Å²) in [5, 5.41) is 0. The fraction of sp³-hybridized carbons (Fsp3) is 0.167. The van der Waals surface area contributed by atoms with Crippen molar-refractivity contribution in [2.45, 2.75) is 6.54 Å². The number of aromatic nitrogens is 2. The van der Waals surface area contributed by atoms with Crippen molar-refractivity contribution in [2.24, 2.45) is 5.73 Å². The van der Waals surface area contributed by atoms with E-state index in [0.717, 1.165) is 0 Å². The smallest absolute Gasteiger partial charge is 0.172 e. The average molecular weight is 233 g/mol. The van der Waals surface area contributed by atoms with Crippen LogP contribution in [0.4, 0.5) is 4.39 Å². The molecule has 0 aliphatic carbocycles. The van der Waals surface area contributed by atoms with E-state index in [4.69, 9.17) is 10.5 Å². The number of methoxy groups -OCH3 is 1. The predicted octanol–water partition coefficient (Wildman–Crippen LogP) is 1.75. The second-order valence-electron chi connectivity index (χ2n) is 3.39. The zero-order valence-corrected chi connectivity index (χ0v) is 9.35. The van der Waals surface area contributed by atoms with Crippen LogP contribution in [0.2, 0.25) is 0 Å². The lowest BCUT2D eigenvalue weighted by Crippen LogP contribution is -2.06. The third-order valence-electron chi connectivity index (χ3n) is 2.42. The third-order valence-corrected chi connectivity index (χ3v) is 2.42. The van der Waals surface area contributed by atoms with Gasteiger partial charge in [-0.1, -0.05) is 12.1 Å². The highest BCUT2D eigenvalue weighted by Crippen LogP contribution is 2.30. The van der Waals surface area contributed by atoms with Gasteiger partial charge in [0.15, 0.2) is 5.82 Å². The Bertz CT molecular complexity index is 531. The predicted molar refractivity (Wildman–Crippen MR) is 61.9 cm³/mol. The Labute approximate surface area is 98.3 Å². The van der Waals surface area contributed by atoms with Crippen molar-refractivity contribution < 1.29 is 9.13 Å². The van der Waals surface area contributed by atoms with E-state index in [1.165, 1.54) is 13.4 Å². The quantitative estimate of drug-likeness (QED) is 0.877. The molecule has 0 aliphatic rings. The van der Waals surface area contributed by atoms with Crippen molar-refractivity contribution in [3.63, 3.8) is 0 Å². The molecule has 0 atom stereocenters. The van der Waals surface area contributed by atoms with Gasteiger partial charge in [-0.15, -0.1) is 0 Å². The molecular formula is C12H12FN3O. The molecule has 5 heteroatoms. The van der Waals surface area contributed by atoms with Crippen LogP contribution in [-0.4, -0.2) is 17.1 Å². The summed E-state index contributed by atoms with van der Waals surface area (Å²) in [7, 11) is 1.53.